The Morgan fingerprint density at radius 2 is 1.94 bits per heavy atom. The van der Waals surface area contributed by atoms with Gasteiger partial charge in [-0.25, -0.2) is 4.79 Å². The van der Waals surface area contributed by atoms with Gasteiger partial charge >= 0.3 is 6.03 Å². The van der Waals surface area contributed by atoms with E-state index in [-0.39, 0.29) is 6.03 Å². The van der Waals surface area contributed by atoms with Gasteiger partial charge in [-0.2, -0.15) is 4.98 Å². The maximum Gasteiger partial charge on any atom is 0.326 e. The van der Waals surface area contributed by atoms with Crippen LogP contribution < -0.4 is 15.0 Å². The number of methoxy groups -OCH3 is 1. The third-order valence-corrected chi connectivity index (χ3v) is 7.54. The Kier molecular flexibility index (Phi) is 5.37. The molecule has 2 aromatic carbocycles. The Bertz CT molecular complexity index is 1420. The lowest BCUT2D eigenvalue weighted by Gasteiger charge is -2.35. The van der Waals surface area contributed by atoms with Crippen molar-refractivity contribution in [2.45, 2.75) is 32.2 Å². The molecule has 1 unspecified atom stereocenters. The average molecular weight is 485 g/mol. The highest BCUT2D eigenvalue weighted by molar-refractivity contribution is 7.13. The van der Waals surface area contributed by atoms with Crippen molar-refractivity contribution in [1.82, 2.24) is 15.5 Å². The van der Waals surface area contributed by atoms with Gasteiger partial charge in [0.15, 0.2) is 0 Å². The van der Waals surface area contributed by atoms with Gasteiger partial charge < -0.3 is 14.6 Å². The molecule has 35 heavy (non-hydrogen) atoms. The average Bonchev–Trinajstić information content (AvgIpc) is 3.65. The first-order valence-electron chi connectivity index (χ1n) is 11.6. The van der Waals surface area contributed by atoms with Crippen LogP contribution in [0.2, 0.25) is 0 Å². The lowest BCUT2D eigenvalue weighted by molar-refractivity contribution is 0.244. The summed E-state index contributed by atoms with van der Waals surface area (Å²) in [5, 5.41) is 9.38. The smallest absolute Gasteiger partial charge is 0.326 e. The van der Waals surface area contributed by atoms with Crippen LogP contribution in [0.3, 0.4) is 0 Å². The second-order valence-electron chi connectivity index (χ2n) is 8.70. The van der Waals surface area contributed by atoms with Gasteiger partial charge in [0.05, 0.1) is 29.3 Å². The van der Waals surface area contributed by atoms with Gasteiger partial charge in [0.2, 0.25) is 5.82 Å². The Morgan fingerprint density at radius 3 is 2.71 bits per heavy atom. The van der Waals surface area contributed by atoms with Gasteiger partial charge in [-0.05, 0) is 78.6 Å². The number of aromatic nitrogens is 2. The molecule has 2 aliphatic rings. The number of anilines is 1. The first kappa shape index (κ1) is 21.6. The Morgan fingerprint density at radius 1 is 1.11 bits per heavy atom. The third kappa shape index (κ3) is 3.80. The molecule has 0 fully saturated rings. The molecule has 1 atom stereocenters. The van der Waals surface area contributed by atoms with E-state index in [4.69, 9.17) is 14.2 Å². The summed E-state index contributed by atoms with van der Waals surface area (Å²) in [4.78, 5) is 20.8. The summed E-state index contributed by atoms with van der Waals surface area (Å²) in [5.74, 6) is 1.67. The van der Waals surface area contributed by atoms with Gasteiger partial charge in [-0.15, -0.1) is 11.3 Å². The maximum absolute atomic E-state index is 13.5. The van der Waals surface area contributed by atoms with E-state index in [2.05, 4.69) is 22.6 Å². The molecule has 6 rings (SSSR count). The van der Waals surface area contributed by atoms with Gasteiger partial charge in [-0.3, -0.25) is 4.90 Å². The van der Waals surface area contributed by atoms with Crippen molar-refractivity contribution >= 4 is 28.6 Å². The van der Waals surface area contributed by atoms with E-state index >= 15 is 0 Å². The fraction of sp³-hybridized carbons (Fsp3) is 0.222. The van der Waals surface area contributed by atoms with Gasteiger partial charge in [-0.1, -0.05) is 29.4 Å². The molecule has 2 amide bonds. The fourth-order valence-electron chi connectivity index (χ4n) is 4.91. The number of hydrogen-bond acceptors (Lipinski definition) is 6. The highest BCUT2D eigenvalue weighted by Crippen LogP contribution is 2.40. The van der Waals surface area contributed by atoms with Crippen molar-refractivity contribution in [2.24, 2.45) is 0 Å². The molecule has 4 aromatic rings. The molecule has 0 spiro atoms. The highest BCUT2D eigenvalue weighted by atomic mass is 32.1. The highest BCUT2D eigenvalue weighted by Gasteiger charge is 2.37. The second-order valence-corrected chi connectivity index (χ2v) is 9.64. The molecule has 0 saturated heterocycles. The number of nitrogens with one attached hydrogen (secondary N) is 1. The number of ether oxygens (including phenoxy) is 1. The second kappa shape index (κ2) is 8.70. The van der Waals surface area contributed by atoms with E-state index < -0.39 is 6.04 Å². The standard InChI is InChI=1S/C27H24N4O3S/c1-16-23(26-29-25(30-34-26)22-7-4-14-35-22)24(18-9-12-21(33-2)13-10-18)28-27(32)31(16)20-11-8-17-5-3-6-19(17)15-20/h4,7-15,24H,3,5-6H2,1-2H3,(H,28,32). The third-order valence-electron chi connectivity index (χ3n) is 6.67. The van der Waals surface area contributed by atoms with E-state index in [9.17, 15) is 4.79 Å². The molecule has 1 N–H and O–H groups in total. The monoisotopic (exact) mass is 484 g/mol. The van der Waals surface area contributed by atoms with E-state index in [0.29, 0.717) is 11.7 Å². The minimum Gasteiger partial charge on any atom is -0.497 e. The number of fused-ring (bicyclic) bond motifs is 1. The summed E-state index contributed by atoms with van der Waals surface area (Å²) in [6.07, 6.45) is 3.28. The van der Waals surface area contributed by atoms with Crippen LogP contribution in [-0.4, -0.2) is 23.3 Å². The number of thiophene rings is 1. The van der Waals surface area contributed by atoms with Crippen molar-refractivity contribution in [3.8, 4) is 16.5 Å². The first-order valence-corrected chi connectivity index (χ1v) is 12.5. The zero-order valence-corrected chi connectivity index (χ0v) is 20.3. The molecule has 0 bridgehead atoms. The van der Waals surface area contributed by atoms with Gasteiger partial charge in [0.25, 0.3) is 5.89 Å². The molecule has 8 heteroatoms. The number of amides is 2. The van der Waals surface area contributed by atoms with Crippen molar-refractivity contribution in [2.75, 3.05) is 12.0 Å². The zero-order valence-electron chi connectivity index (χ0n) is 19.4. The minimum atomic E-state index is -0.448. The molecule has 3 heterocycles. The minimum absolute atomic E-state index is 0.192. The number of carbonyl (C=O) groups excluding carboxylic acids is 1. The van der Waals surface area contributed by atoms with Crippen LogP contribution in [0.4, 0.5) is 10.5 Å². The zero-order chi connectivity index (χ0) is 23.9. The fourth-order valence-corrected chi connectivity index (χ4v) is 5.56. The van der Waals surface area contributed by atoms with Crippen LogP contribution in [-0.2, 0) is 12.8 Å². The van der Waals surface area contributed by atoms with E-state index in [1.807, 2.05) is 54.8 Å². The molecule has 0 radical (unpaired) electrons. The Hall–Kier alpha value is -3.91. The summed E-state index contributed by atoms with van der Waals surface area (Å²) >= 11 is 1.55. The van der Waals surface area contributed by atoms with Gasteiger partial charge in [0.1, 0.15) is 5.75 Å². The first-order chi connectivity index (χ1) is 17.1. The van der Waals surface area contributed by atoms with E-state index in [0.717, 1.165) is 52.4 Å². The number of allylic oxidation sites excluding steroid dienone is 1. The lowest BCUT2D eigenvalue weighted by Crippen LogP contribution is -2.46. The van der Waals surface area contributed by atoms with Crippen LogP contribution in [0.15, 0.2) is 70.2 Å². The molecule has 176 valence electrons. The summed E-state index contributed by atoms with van der Waals surface area (Å²) in [6, 6.07) is 17.2. The summed E-state index contributed by atoms with van der Waals surface area (Å²) in [6.45, 7) is 1.94. The summed E-state index contributed by atoms with van der Waals surface area (Å²) in [7, 11) is 1.63. The molecule has 2 aromatic heterocycles. The predicted molar refractivity (Wildman–Crippen MR) is 135 cm³/mol. The summed E-state index contributed by atoms with van der Waals surface area (Å²) < 4.78 is 11.1. The number of hydrogen-bond donors (Lipinski definition) is 1. The Balaban J connectivity index is 1.48. The van der Waals surface area contributed by atoms with Crippen molar-refractivity contribution in [1.29, 1.82) is 0 Å². The number of aryl methyl sites for hydroxylation is 2. The number of nitrogens with zero attached hydrogens (tertiary/aromatic N) is 3. The topological polar surface area (TPSA) is 80.5 Å². The number of urea groups is 1. The van der Waals surface area contributed by atoms with Crippen molar-refractivity contribution in [3.05, 3.63) is 88.3 Å². The number of benzene rings is 2. The van der Waals surface area contributed by atoms with Gasteiger partial charge in [0, 0.05) is 5.70 Å². The Labute approximate surface area is 207 Å². The van der Waals surface area contributed by atoms with Crippen LogP contribution in [0.5, 0.6) is 5.75 Å². The van der Waals surface area contributed by atoms with Crippen LogP contribution in [0.25, 0.3) is 16.3 Å². The number of carbonyl (C=O) groups is 1. The van der Waals surface area contributed by atoms with E-state index in [1.54, 1.807) is 23.3 Å². The van der Waals surface area contributed by atoms with Crippen LogP contribution in [0.1, 0.15) is 42.0 Å². The van der Waals surface area contributed by atoms with Crippen LogP contribution >= 0.6 is 11.3 Å². The molecule has 7 nitrogen and oxygen atoms in total. The SMILES string of the molecule is COc1ccc(C2NC(=O)N(c3ccc4c(c3)CCC4)C(C)=C2c2nc(-c3cccs3)no2)cc1. The quantitative estimate of drug-likeness (QED) is 0.376. The van der Waals surface area contributed by atoms with Crippen molar-refractivity contribution < 1.29 is 14.1 Å². The molecule has 1 aliphatic heterocycles. The largest absolute Gasteiger partial charge is 0.497 e. The van der Waals surface area contributed by atoms with E-state index in [1.165, 1.54) is 11.1 Å². The lowest BCUT2D eigenvalue weighted by atomic mass is 9.94. The van der Waals surface area contributed by atoms with Crippen LogP contribution in [0, 0.1) is 0 Å². The summed E-state index contributed by atoms with van der Waals surface area (Å²) in [5.41, 5.74) is 5.93. The predicted octanol–water partition coefficient (Wildman–Crippen LogP) is 6.00. The molecular weight excluding hydrogens is 460 g/mol. The molecule has 1 aliphatic carbocycles. The number of rotatable bonds is 5. The molecular formula is C27H24N4O3S. The maximum atomic E-state index is 13.5. The van der Waals surface area contributed by atoms with Crippen molar-refractivity contribution in [3.63, 3.8) is 0 Å². The normalized spacial score (nSPS) is 17.5. The molecule has 0 saturated carbocycles.